The number of methoxy groups -OCH3 is 1. The maximum atomic E-state index is 10.8. The second kappa shape index (κ2) is 6.23. The highest BCUT2D eigenvalue weighted by atomic mass is 32.2. The van der Waals surface area contributed by atoms with Gasteiger partial charge in [0.2, 0.25) is 0 Å². The minimum Gasteiger partial charge on any atom is -0.490 e. The zero-order chi connectivity index (χ0) is 15.4. The number of carboxylic acid groups (broad SMARTS) is 1. The van der Waals surface area contributed by atoms with Gasteiger partial charge in [-0.2, -0.15) is 0 Å². The van der Waals surface area contributed by atoms with E-state index in [1.54, 1.807) is 12.1 Å². The average Bonchev–Trinajstić information content (AvgIpc) is 2.47. The molecule has 0 aliphatic heterocycles. The van der Waals surface area contributed by atoms with Gasteiger partial charge < -0.3 is 9.84 Å². The summed E-state index contributed by atoms with van der Waals surface area (Å²) in [6.45, 7) is 0. The van der Waals surface area contributed by atoms with Crippen molar-refractivity contribution < 1.29 is 19.6 Å². The van der Waals surface area contributed by atoms with Crippen molar-refractivity contribution in [3.8, 4) is 5.75 Å². The maximum absolute atomic E-state index is 10.8. The van der Waals surface area contributed by atoms with Gasteiger partial charge >= 0.3 is 11.7 Å². The lowest BCUT2D eigenvalue weighted by Crippen LogP contribution is -1.96. The molecular weight excluding hydrogens is 296 g/mol. The monoisotopic (exact) mass is 306 g/mol. The Morgan fingerprint density at radius 2 is 2.14 bits per heavy atom. The number of hydrogen-bond acceptors (Lipinski definition) is 6. The third kappa shape index (κ3) is 3.48. The number of nitro benzene ring substituents is 1. The molecule has 1 aromatic carbocycles. The van der Waals surface area contributed by atoms with Crippen LogP contribution in [-0.4, -0.2) is 28.1 Å². The molecule has 1 heterocycles. The Morgan fingerprint density at radius 1 is 1.38 bits per heavy atom. The molecule has 0 atom stereocenters. The second-order valence-corrected chi connectivity index (χ2v) is 4.98. The van der Waals surface area contributed by atoms with Crippen LogP contribution in [0, 0.1) is 10.1 Å². The first-order valence-corrected chi connectivity index (χ1v) is 6.52. The summed E-state index contributed by atoms with van der Waals surface area (Å²) in [6, 6.07) is 7.49. The van der Waals surface area contributed by atoms with Crippen LogP contribution in [0.5, 0.6) is 5.75 Å². The van der Waals surface area contributed by atoms with Gasteiger partial charge in [-0.1, -0.05) is 11.8 Å². The number of carboxylic acids is 1. The van der Waals surface area contributed by atoms with Crippen molar-refractivity contribution in [1.82, 2.24) is 4.98 Å². The minimum absolute atomic E-state index is 0.0978. The summed E-state index contributed by atoms with van der Waals surface area (Å²) < 4.78 is 4.98. The number of benzene rings is 1. The van der Waals surface area contributed by atoms with E-state index in [1.807, 2.05) is 0 Å². The lowest BCUT2D eigenvalue weighted by molar-refractivity contribution is -0.385. The fourth-order valence-corrected chi connectivity index (χ4v) is 2.35. The van der Waals surface area contributed by atoms with E-state index in [1.165, 1.54) is 43.3 Å². The molecule has 8 heteroatoms. The summed E-state index contributed by atoms with van der Waals surface area (Å²) in [6.07, 6.45) is 1.26. The third-order valence-corrected chi connectivity index (χ3v) is 3.49. The van der Waals surface area contributed by atoms with Gasteiger partial charge in [-0.25, -0.2) is 9.78 Å². The van der Waals surface area contributed by atoms with Crippen LogP contribution in [0.4, 0.5) is 5.69 Å². The molecule has 0 spiro atoms. The van der Waals surface area contributed by atoms with Gasteiger partial charge in [0.05, 0.1) is 17.6 Å². The Hall–Kier alpha value is -2.61. The van der Waals surface area contributed by atoms with E-state index in [9.17, 15) is 14.9 Å². The highest BCUT2D eigenvalue weighted by molar-refractivity contribution is 7.99. The van der Waals surface area contributed by atoms with Crippen LogP contribution in [0.3, 0.4) is 0 Å². The fraction of sp³-hybridized carbons (Fsp3) is 0.0769. The summed E-state index contributed by atoms with van der Waals surface area (Å²) >= 11 is 1.25. The molecule has 0 radical (unpaired) electrons. The van der Waals surface area contributed by atoms with E-state index < -0.39 is 10.9 Å². The third-order valence-electron chi connectivity index (χ3n) is 2.55. The fourth-order valence-electron chi connectivity index (χ4n) is 1.56. The smallest absolute Gasteiger partial charge is 0.337 e. The van der Waals surface area contributed by atoms with Gasteiger partial charge in [-0.3, -0.25) is 10.1 Å². The lowest BCUT2D eigenvalue weighted by Gasteiger charge is -2.05. The number of pyridine rings is 1. The van der Waals surface area contributed by atoms with Crippen LogP contribution in [0.2, 0.25) is 0 Å². The number of aromatic carboxylic acids is 1. The van der Waals surface area contributed by atoms with E-state index in [2.05, 4.69) is 4.98 Å². The first-order chi connectivity index (χ1) is 10.0. The standard InChI is InChI=1S/C13H10N2O5S/c1-20-11-6-9(3-4-10(11)15(18)19)21-12-5-2-8(7-14-12)13(16)17/h2-7H,1H3,(H,16,17). The van der Waals surface area contributed by atoms with E-state index in [0.29, 0.717) is 9.92 Å². The highest BCUT2D eigenvalue weighted by Gasteiger charge is 2.15. The second-order valence-electron chi connectivity index (χ2n) is 3.88. The van der Waals surface area contributed by atoms with Crippen LogP contribution in [-0.2, 0) is 0 Å². The molecule has 108 valence electrons. The Balaban J connectivity index is 2.23. The van der Waals surface area contributed by atoms with Crippen molar-refractivity contribution in [2.45, 2.75) is 9.92 Å². The molecule has 0 aliphatic carbocycles. The Kier molecular flexibility index (Phi) is 4.39. The van der Waals surface area contributed by atoms with E-state index in [4.69, 9.17) is 9.84 Å². The predicted octanol–water partition coefficient (Wildman–Crippen LogP) is 2.85. The van der Waals surface area contributed by atoms with Crippen molar-refractivity contribution in [3.05, 3.63) is 52.2 Å². The van der Waals surface area contributed by atoms with Crippen molar-refractivity contribution in [3.63, 3.8) is 0 Å². The quantitative estimate of drug-likeness (QED) is 0.669. The van der Waals surface area contributed by atoms with E-state index >= 15 is 0 Å². The van der Waals surface area contributed by atoms with Gasteiger partial charge in [0.1, 0.15) is 5.03 Å². The summed E-state index contributed by atoms with van der Waals surface area (Å²) in [5.41, 5.74) is -0.0170. The molecule has 0 saturated carbocycles. The van der Waals surface area contributed by atoms with Crippen LogP contribution >= 0.6 is 11.8 Å². The summed E-state index contributed by atoms with van der Waals surface area (Å²) in [5.74, 6) is -0.886. The molecule has 1 N–H and O–H groups in total. The normalized spacial score (nSPS) is 10.1. The van der Waals surface area contributed by atoms with Crippen LogP contribution in [0.15, 0.2) is 46.5 Å². The van der Waals surface area contributed by atoms with Crippen molar-refractivity contribution in [2.24, 2.45) is 0 Å². The summed E-state index contributed by atoms with van der Waals surface area (Å²) in [5, 5.41) is 20.2. The molecule has 2 rings (SSSR count). The number of carbonyl (C=O) groups is 1. The van der Waals surface area contributed by atoms with Crippen LogP contribution in [0.1, 0.15) is 10.4 Å². The van der Waals surface area contributed by atoms with Crippen molar-refractivity contribution in [2.75, 3.05) is 7.11 Å². The zero-order valence-electron chi connectivity index (χ0n) is 10.8. The predicted molar refractivity (Wildman–Crippen MR) is 75.0 cm³/mol. The molecule has 21 heavy (non-hydrogen) atoms. The minimum atomic E-state index is -1.05. The SMILES string of the molecule is COc1cc(Sc2ccc(C(=O)O)cn2)ccc1[N+](=O)[O-]. The van der Waals surface area contributed by atoms with Crippen LogP contribution in [0.25, 0.3) is 0 Å². The van der Waals surface area contributed by atoms with Crippen molar-refractivity contribution in [1.29, 1.82) is 0 Å². The number of ether oxygens (including phenoxy) is 1. The maximum Gasteiger partial charge on any atom is 0.337 e. The van der Waals surface area contributed by atoms with Crippen LogP contribution < -0.4 is 4.74 Å². The molecule has 0 amide bonds. The number of hydrogen-bond donors (Lipinski definition) is 1. The molecule has 0 fully saturated rings. The number of nitrogens with zero attached hydrogens (tertiary/aromatic N) is 2. The average molecular weight is 306 g/mol. The summed E-state index contributed by atoms with van der Waals surface area (Å²) in [7, 11) is 1.36. The molecule has 0 saturated heterocycles. The molecule has 0 unspecified atom stereocenters. The van der Waals surface area contributed by atoms with Gasteiger partial charge in [-0.15, -0.1) is 0 Å². The molecule has 0 bridgehead atoms. The molecule has 7 nitrogen and oxygen atoms in total. The van der Waals surface area contributed by atoms with E-state index in [-0.39, 0.29) is 17.0 Å². The molecule has 0 aliphatic rings. The largest absolute Gasteiger partial charge is 0.490 e. The number of nitro groups is 1. The zero-order valence-corrected chi connectivity index (χ0v) is 11.7. The van der Waals surface area contributed by atoms with Gasteiger partial charge in [0.25, 0.3) is 0 Å². The molecule has 1 aromatic heterocycles. The lowest BCUT2D eigenvalue weighted by atomic mass is 10.3. The Labute approximate surface area is 123 Å². The number of rotatable bonds is 5. The number of aromatic nitrogens is 1. The van der Waals surface area contributed by atoms with Gasteiger partial charge in [0, 0.05) is 23.2 Å². The Morgan fingerprint density at radius 3 is 2.67 bits per heavy atom. The Bertz CT molecular complexity index is 687. The van der Waals surface area contributed by atoms with Crippen molar-refractivity contribution >= 4 is 23.4 Å². The summed E-state index contributed by atoms with van der Waals surface area (Å²) in [4.78, 5) is 25.7. The van der Waals surface area contributed by atoms with Gasteiger partial charge in [0.15, 0.2) is 5.75 Å². The highest BCUT2D eigenvalue weighted by Crippen LogP contribution is 2.34. The van der Waals surface area contributed by atoms with E-state index in [0.717, 1.165) is 0 Å². The van der Waals surface area contributed by atoms with Gasteiger partial charge in [-0.05, 0) is 18.2 Å². The molecule has 2 aromatic rings. The first-order valence-electron chi connectivity index (χ1n) is 5.71. The molecular formula is C13H10N2O5S. The first kappa shape index (κ1) is 14.8. The topological polar surface area (TPSA) is 103 Å².